The van der Waals surface area contributed by atoms with Crippen molar-refractivity contribution in [3.05, 3.63) is 24.3 Å². The molecule has 3 unspecified atom stereocenters. The van der Waals surface area contributed by atoms with E-state index < -0.39 is 97.5 Å². The average Bonchev–Trinajstić information content (AvgIpc) is 3.39. The fourth-order valence-corrected chi connectivity index (χ4v) is 11.8. The number of carbonyl (C=O) groups is 4. The van der Waals surface area contributed by atoms with Crippen molar-refractivity contribution in [1.82, 2.24) is 0 Å². The van der Waals surface area contributed by atoms with E-state index in [1.165, 1.54) is 122 Å². The maximum Gasteiger partial charge on any atom is 0.472 e. The third-order valence-electron chi connectivity index (χ3n) is 15.8. The van der Waals surface area contributed by atoms with Crippen LogP contribution in [0.2, 0.25) is 0 Å². The van der Waals surface area contributed by atoms with E-state index in [9.17, 15) is 43.2 Å². The highest BCUT2D eigenvalue weighted by Gasteiger charge is 2.30. The summed E-state index contributed by atoms with van der Waals surface area (Å²) in [6.07, 6.45) is 48.1. The minimum atomic E-state index is -4.96. The van der Waals surface area contributed by atoms with Gasteiger partial charge in [0, 0.05) is 25.7 Å². The first-order valence-electron chi connectivity index (χ1n) is 36.2. The van der Waals surface area contributed by atoms with Gasteiger partial charge >= 0.3 is 39.5 Å². The number of unbranched alkanes of at least 4 members (excludes halogenated alkanes) is 32. The van der Waals surface area contributed by atoms with Crippen LogP contribution in [0.1, 0.15) is 331 Å². The highest BCUT2D eigenvalue weighted by molar-refractivity contribution is 7.47. The quantitative estimate of drug-likeness (QED) is 0.0169. The van der Waals surface area contributed by atoms with E-state index in [1.54, 1.807) is 0 Å². The Morgan fingerprint density at radius 1 is 0.344 bits per heavy atom. The first-order valence-corrected chi connectivity index (χ1v) is 39.2. The number of hydrogen-bond donors (Lipinski definition) is 3. The van der Waals surface area contributed by atoms with Gasteiger partial charge in [-0.3, -0.25) is 37.3 Å². The van der Waals surface area contributed by atoms with Gasteiger partial charge in [-0.25, -0.2) is 9.13 Å². The lowest BCUT2D eigenvalue weighted by atomic mass is 10.0. The predicted octanol–water partition coefficient (Wildman–Crippen LogP) is 19.8. The Hall–Kier alpha value is -2.46. The second-order valence-electron chi connectivity index (χ2n) is 26.4. The number of rotatable bonds is 67. The van der Waals surface area contributed by atoms with Gasteiger partial charge in [-0.05, 0) is 69.1 Å². The standard InChI is InChI=1S/C71H134O17P2/c1-8-9-10-11-12-13-14-15-16-17-20-23-31-38-45-52-68(73)81-58-66(87-70(75)54-47-40-33-24-21-18-19-22-28-35-42-49-62(2)3)60-85-89(77,78)83-56-65(72)57-84-90(79,80)86-61-67(88-71(76)55-48-41-34-27-30-37-44-51-64(6)7)59-82-69(74)53-46-39-32-26-25-29-36-43-50-63(4)5/h13-16,62-67,72H,8-12,17-61H2,1-7H3,(H,77,78)(H,79,80)/b14-13-,16-15-/t65?,66-,67-/m1/s1. The van der Waals surface area contributed by atoms with Crippen LogP contribution >= 0.6 is 15.6 Å². The number of aliphatic hydroxyl groups excluding tert-OH is 1. The Bertz CT molecular complexity index is 1860. The van der Waals surface area contributed by atoms with Crippen molar-refractivity contribution in [1.29, 1.82) is 0 Å². The molecular formula is C71H134O17P2. The van der Waals surface area contributed by atoms with Crippen LogP contribution in [-0.2, 0) is 65.4 Å². The topological polar surface area (TPSA) is 237 Å². The molecule has 0 saturated carbocycles. The summed E-state index contributed by atoms with van der Waals surface area (Å²) in [7, 11) is -9.91. The Balaban J connectivity index is 5.28. The summed E-state index contributed by atoms with van der Waals surface area (Å²) in [6.45, 7) is 11.7. The first-order chi connectivity index (χ1) is 43.2. The van der Waals surface area contributed by atoms with Gasteiger partial charge in [0.2, 0.25) is 0 Å². The molecule has 0 aliphatic carbocycles. The van der Waals surface area contributed by atoms with E-state index in [1.807, 2.05) is 0 Å². The Labute approximate surface area is 548 Å². The summed E-state index contributed by atoms with van der Waals surface area (Å²) in [6, 6.07) is 0. The molecule has 0 bridgehead atoms. The summed E-state index contributed by atoms with van der Waals surface area (Å²) in [5, 5.41) is 10.6. The first kappa shape index (κ1) is 87.5. The number of ether oxygens (including phenoxy) is 4. The van der Waals surface area contributed by atoms with Crippen molar-refractivity contribution in [2.24, 2.45) is 17.8 Å². The third kappa shape index (κ3) is 64.3. The highest BCUT2D eigenvalue weighted by atomic mass is 31.2. The molecule has 0 amide bonds. The van der Waals surface area contributed by atoms with Crippen molar-refractivity contribution in [2.75, 3.05) is 39.6 Å². The zero-order valence-corrected chi connectivity index (χ0v) is 59.9. The van der Waals surface area contributed by atoms with Crippen LogP contribution in [0.25, 0.3) is 0 Å². The Morgan fingerprint density at radius 3 is 0.900 bits per heavy atom. The number of esters is 4. The molecule has 0 aromatic carbocycles. The normalized spacial score (nSPS) is 14.4. The van der Waals surface area contributed by atoms with Crippen molar-refractivity contribution in [3.63, 3.8) is 0 Å². The summed E-state index contributed by atoms with van der Waals surface area (Å²) >= 11 is 0. The van der Waals surface area contributed by atoms with Crippen LogP contribution in [0.3, 0.4) is 0 Å². The molecule has 3 N–H and O–H groups in total. The fraction of sp³-hybridized carbons (Fsp3) is 0.887. The number of hydrogen-bond acceptors (Lipinski definition) is 15. The van der Waals surface area contributed by atoms with Gasteiger partial charge in [0.15, 0.2) is 12.2 Å². The lowest BCUT2D eigenvalue weighted by Crippen LogP contribution is -2.30. The molecule has 0 spiro atoms. The monoisotopic (exact) mass is 1320 g/mol. The van der Waals surface area contributed by atoms with Crippen LogP contribution < -0.4 is 0 Å². The van der Waals surface area contributed by atoms with E-state index >= 15 is 0 Å². The number of phosphoric acid groups is 2. The van der Waals surface area contributed by atoms with E-state index in [4.69, 9.17) is 37.0 Å². The summed E-state index contributed by atoms with van der Waals surface area (Å²) in [4.78, 5) is 72.5. The molecule has 90 heavy (non-hydrogen) atoms. The van der Waals surface area contributed by atoms with E-state index in [2.05, 4.69) is 72.8 Å². The predicted molar refractivity (Wildman–Crippen MR) is 363 cm³/mol. The number of aliphatic hydroxyl groups is 1. The second-order valence-corrected chi connectivity index (χ2v) is 29.3. The fourth-order valence-electron chi connectivity index (χ4n) is 10.2. The minimum Gasteiger partial charge on any atom is -0.462 e. The van der Waals surface area contributed by atoms with Crippen LogP contribution in [0.5, 0.6) is 0 Å². The summed E-state index contributed by atoms with van der Waals surface area (Å²) in [5.41, 5.74) is 0. The van der Waals surface area contributed by atoms with E-state index in [0.29, 0.717) is 31.6 Å². The van der Waals surface area contributed by atoms with Gasteiger partial charge in [0.05, 0.1) is 26.4 Å². The molecule has 0 aromatic rings. The minimum absolute atomic E-state index is 0.0990. The summed E-state index contributed by atoms with van der Waals surface area (Å²) in [5.74, 6) is 0.0232. The third-order valence-corrected chi connectivity index (χ3v) is 17.7. The van der Waals surface area contributed by atoms with Gasteiger partial charge < -0.3 is 33.8 Å². The van der Waals surface area contributed by atoms with Gasteiger partial charge in [0.1, 0.15) is 19.3 Å². The number of allylic oxidation sites excluding steroid dienone is 4. The molecule has 530 valence electrons. The molecule has 0 fully saturated rings. The lowest BCUT2D eigenvalue weighted by Gasteiger charge is -2.21. The SMILES string of the molecule is CCCCCC/C=C\C=C/CCCCCCCC(=O)OC[C@H](COP(=O)(O)OCC(O)COP(=O)(O)OC[C@@H](COC(=O)CCCCCCCCCCC(C)C)OC(=O)CCCCCCCCCC(C)C)OC(=O)CCCCCCCCCCCCCC(C)C. The molecule has 0 aromatic heterocycles. The van der Waals surface area contributed by atoms with Crippen LogP contribution in [-0.4, -0.2) is 96.7 Å². The maximum atomic E-state index is 13.0. The smallest absolute Gasteiger partial charge is 0.462 e. The average molecular weight is 1320 g/mol. The van der Waals surface area contributed by atoms with E-state index in [-0.39, 0.29) is 25.7 Å². The second kappa shape index (κ2) is 61.4. The molecule has 0 rings (SSSR count). The molecule has 0 saturated heterocycles. The van der Waals surface area contributed by atoms with Gasteiger partial charge in [-0.15, -0.1) is 0 Å². The molecule has 0 aliphatic heterocycles. The lowest BCUT2D eigenvalue weighted by molar-refractivity contribution is -0.161. The molecule has 0 aliphatic rings. The number of carbonyl (C=O) groups excluding carboxylic acids is 4. The molecule has 0 radical (unpaired) electrons. The van der Waals surface area contributed by atoms with Crippen LogP contribution in [0, 0.1) is 17.8 Å². The van der Waals surface area contributed by atoms with Gasteiger partial charge in [-0.1, -0.05) is 278 Å². The van der Waals surface area contributed by atoms with Crippen LogP contribution in [0.4, 0.5) is 0 Å². The van der Waals surface area contributed by atoms with Crippen molar-refractivity contribution < 1.29 is 80.2 Å². The zero-order valence-electron chi connectivity index (χ0n) is 58.1. The Kier molecular flexibility index (Phi) is 59.7. The van der Waals surface area contributed by atoms with E-state index in [0.717, 1.165) is 121 Å². The maximum absolute atomic E-state index is 13.0. The zero-order chi connectivity index (χ0) is 66.6. The summed E-state index contributed by atoms with van der Waals surface area (Å²) < 4.78 is 68.2. The molecular weight excluding hydrogens is 1190 g/mol. The highest BCUT2D eigenvalue weighted by Crippen LogP contribution is 2.45. The van der Waals surface area contributed by atoms with Crippen molar-refractivity contribution in [2.45, 2.75) is 349 Å². The molecule has 17 nitrogen and oxygen atoms in total. The van der Waals surface area contributed by atoms with Crippen LogP contribution in [0.15, 0.2) is 24.3 Å². The van der Waals surface area contributed by atoms with Gasteiger partial charge in [-0.2, -0.15) is 0 Å². The largest absolute Gasteiger partial charge is 0.472 e. The van der Waals surface area contributed by atoms with Gasteiger partial charge in [0.25, 0.3) is 0 Å². The van der Waals surface area contributed by atoms with Crippen molar-refractivity contribution in [3.8, 4) is 0 Å². The van der Waals surface area contributed by atoms with Crippen molar-refractivity contribution >= 4 is 39.5 Å². The molecule has 19 heteroatoms. The Morgan fingerprint density at radius 2 is 0.600 bits per heavy atom. The molecule has 0 heterocycles. The number of phosphoric ester groups is 2. The molecule has 5 atom stereocenters.